The number of rotatable bonds is 7. The van der Waals surface area contributed by atoms with Crippen molar-refractivity contribution in [3.05, 3.63) is 70.5 Å². The molecule has 0 aliphatic carbocycles. The Balaban J connectivity index is 2.20. The van der Waals surface area contributed by atoms with E-state index >= 15 is 0 Å². The highest BCUT2D eigenvalue weighted by Gasteiger charge is 2.09. The van der Waals surface area contributed by atoms with Crippen LogP contribution in [0.3, 0.4) is 0 Å². The summed E-state index contributed by atoms with van der Waals surface area (Å²) in [6.07, 6.45) is 5.96. The number of aliphatic hydroxyl groups excluding tert-OH is 1. The lowest BCUT2D eigenvalue weighted by Gasteiger charge is -2.09. The number of hydrogen-bond acceptors (Lipinski definition) is 6. The summed E-state index contributed by atoms with van der Waals surface area (Å²) in [7, 11) is 2.90. The first-order valence-corrected chi connectivity index (χ1v) is 8.82. The summed E-state index contributed by atoms with van der Waals surface area (Å²) in [6, 6.07) is 7.89. The van der Waals surface area contributed by atoms with Crippen molar-refractivity contribution >= 4 is 17.9 Å². The van der Waals surface area contributed by atoms with E-state index < -0.39 is 0 Å². The van der Waals surface area contributed by atoms with Gasteiger partial charge in [0.05, 0.1) is 14.2 Å². The number of aromatic hydroxyl groups is 2. The number of phenols is 2. The molecular formula is C23H24O6. The molecule has 2 aromatic carbocycles. The van der Waals surface area contributed by atoms with Crippen LogP contribution in [-0.4, -0.2) is 35.3 Å². The number of ether oxygens (including phenoxy) is 2. The number of benzene rings is 2. The number of carbonyl (C=O) groups is 1. The summed E-state index contributed by atoms with van der Waals surface area (Å²) in [5, 5.41) is 29.6. The minimum absolute atomic E-state index is 0.0102. The third kappa shape index (κ3) is 5.19. The first-order chi connectivity index (χ1) is 13.8. The highest BCUT2D eigenvalue weighted by molar-refractivity contribution is 6.06. The summed E-state index contributed by atoms with van der Waals surface area (Å²) < 4.78 is 10.2. The van der Waals surface area contributed by atoms with Gasteiger partial charge in [0.15, 0.2) is 28.8 Å². The Labute approximate surface area is 169 Å². The van der Waals surface area contributed by atoms with Crippen LogP contribution in [0.4, 0.5) is 0 Å². The van der Waals surface area contributed by atoms with Crippen LogP contribution in [0.2, 0.25) is 0 Å². The van der Waals surface area contributed by atoms with Crippen LogP contribution in [0.25, 0.3) is 12.2 Å². The topological polar surface area (TPSA) is 96.2 Å². The Bertz CT molecular complexity index is 999. The van der Waals surface area contributed by atoms with Crippen molar-refractivity contribution < 1.29 is 29.6 Å². The molecule has 6 nitrogen and oxygen atoms in total. The van der Waals surface area contributed by atoms with Crippen LogP contribution in [0, 0.1) is 6.92 Å². The number of allylic oxidation sites excluding steroid dienone is 3. The van der Waals surface area contributed by atoms with Crippen molar-refractivity contribution in [2.45, 2.75) is 13.8 Å². The molecule has 0 spiro atoms. The Morgan fingerprint density at radius 2 is 1.66 bits per heavy atom. The molecule has 3 N–H and O–H groups in total. The predicted octanol–water partition coefficient (Wildman–Crippen LogP) is 4.55. The number of hydrogen-bond donors (Lipinski definition) is 3. The number of ketones is 1. The van der Waals surface area contributed by atoms with E-state index in [4.69, 9.17) is 9.47 Å². The average Bonchev–Trinajstić information content (AvgIpc) is 2.71. The van der Waals surface area contributed by atoms with E-state index in [0.29, 0.717) is 22.6 Å². The molecule has 0 fully saturated rings. The average molecular weight is 396 g/mol. The molecular weight excluding hydrogens is 372 g/mol. The van der Waals surface area contributed by atoms with Gasteiger partial charge in [-0.2, -0.15) is 0 Å². The van der Waals surface area contributed by atoms with Crippen molar-refractivity contribution in [2.24, 2.45) is 0 Å². The van der Waals surface area contributed by atoms with Crippen LogP contribution >= 0.6 is 0 Å². The standard InChI is InChI=1S/C23H24O6/c1-14-17(8-12-21(27)23(14)29-4)7-11-19(25)15(2)18(24)9-5-16-6-10-20(26)22(13-16)28-3/h5-13,25-27H,1-4H3/b9-5+,11-7+,19-15-. The maximum atomic E-state index is 12.3. The first-order valence-electron chi connectivity index (χ1n) is 8.82. The van der Waals surface area contributed by atoms with Gasteiger partial charge >= 0.3 is 0 Å². The quantitative estimate of drug-likeness (QED) is 0.361. The van der Waals surface area contributed by atoms with E-state index in [0.717, 1.165) is 5.56 Å². The monoisotopic (exact) mass is 396 g/mol. The fourth-order valence-electron chi connectivity index (χ4n) is 2.65. The molecule has 0 unspecified atom stereocenters. The zero-order valence-electron chi connectivity index (χ0n) is 16.8. The molecule has 0 aliphatic rings. The van der Waals surface area contributed by atoms with Gasteiger partial charge < -0.3 is 24.8 Å². The van der Waals surface area contributed by atoms with E-state index in [2.05, 4.69) is 0 Å². The molecule has 0 saturated heterocycles. The Kier molecular flexibility index (Phi) is 7.09. The Hall–Kier alpha value is -3.67. The van der Waals surface area contributed by atoms with Crippen LogP contribution in [0.1, 0.15) is 23.6 Å². The second-order valence-electron chi connectivity index (χ2n) is 6.30. The maximum absolute atomic E-state index is 12.3. The molecule has 2 aromatic rings. The van der Waals surface area contributed by atoms with Gasteiger partial charge in [0, 0.05) is 11.1 Å². The molecule has 0 aromatic heterocycles. The lowest BCUT2D eigenvalue weighted by molar-refractivity contribution is -0.111. The van der Waals surface area contributed by atoms with Gasteiger partial charge in [0.25, 0.3) is 0 Å². The van der Waals surface area contributed by atoms with E-state index in [9.17, 15) is 20.1 Å². The third-order valence-electron chi connectivity index (χ3n) is 4.44. The lowest BCUT2D eigenvalue weighted by atomic mass is 10.0. The molecule has 0 heterocycles. The van der Waals surface area contributed by atoms with Crippen molar-refractivity contribution in [2.75, 3.05) is 14.2 Å². The van der Waals surface area contributed by atoms with Gasteiger partial charge in [-0.1, -0.05) is 24.3 Å². The van der Waals surface area contributed by atoms with Crippen LogP contribution in [-0.2, 0) is 4.79 Å². The first kappa shape index (κ1) is 21.6. The number of phenolic OH excluding ortho intramolecular Hbond substituents is 2. The van der Waals surface area contributed by atoms with Crippen molar-refractivity contribution in [3.8, 4) is 23.0 Å². The molecule has 0 bridgehead atoms. The minimum atomic E-state index is -0.362. The SMILES string of the molecule is COc1cc(/C=C/C(=O)/C(C)=C(O)/C=C/c2ccc(O)c(OC)c2C)ccc1O. The van der Waals surface area contributed by atoms with Gasteiger partial charge in [-0.25, -0.2) is 0 Å². The number of carbonyl (C=O) groups excluding carboxylic acids is 1. The summed E-state index contributed by atoms with van der Waals surface area (Å²) in [6.45, 7) is 3.31. The molecule has 0 aliphatic heterocycles. The van der Waals surface area contributed by atoms with Gasteiger partial charge in [0.2, 0.25) is 0 Å². The van der Waals surface area contributed by atoms with Gasteiger partial charge in [-0.15, -0.1) is 0 Å². The van der Waals surface area contributed by atoms with E-state index in [1.165, 1.54) is 45.4 Å². The second-order valence-corrected chi connectivity index (χ2v) is 6.30. The molecule has 152 valence electrons. The Morgan fingerprint density at radius 1 is 0.966 bits per heavy atom. The molecule has 0 saturated carbocycles. The molecule has 0 atom stereocenters. The molecule has 29 heavy (non-hydrogen) atoms. The minimum Gasteiger partial charge on any atom is -0.508 e. The van der Waals surface area contributed by atoms with E-state index in [1.807, 2.05) is 0 Å². The lowest BCUT2D eigenvalue weighted by Crippen LogP contribution is -1.98. The van der Waals surface area contributed by atoms with Crippen LogP contribution in [0.15, 0.2) is 53.8 Å². The summed E-state index contributed by atoms with van der Waals surface area (Å²) in [5.41, 5.74) is 2.29. The summed E-state index contributed by atoms with van der Waals surface area (Å²) >= 11 is 0. The third-order valence-corrected chi connectivity index (χ3v) is 4.44. The maximum Gasteiger partial charge on any atom is 0.185 e. The smallest absolute Gasteiger partial charge is 0.185 e. The fraction of sp³-hybridized carbons (Fsp3) is 0.174. The normalized spacial score (nSPS) is 12.3. The molecule has 0 radical (unpaired) electrons. The highest BCUT2D eigenvalue weighted by atomic mass is 16.5. The van der Waals surface area contributed by atoms with Gasteiger partial charge in [-0.05, 0) is 55.3 Å². The molecule has 2 rings (SSSR count). The summed E-state index contributed by atoms with van der Waals surface area (Å²) in [5.74, 6) is 0.168. The summed E-state index contributed by atoms with van der Waals surface area (Å²) in [4.78, 5) is 12.3. The predicted molar refractivity (Wildman–Crippen MR) is 112 cm³/mol. The zero-order chi connectivity index (χ0) is 21.6. The van der Waals surface area contributed by atoms with E-state index in [-0.39, 0.29) is 28.6 Å². The van der Waals surface area contributed by atoms with Crippen molar-refractivity contribution in [1.82, 2.24) is 0 Å². The number of methoxy groups -OCH3 is 2. The largest absolute Gasteiger partial charge is 0.508 e. The Morgan fingerprint density at radius 3 is 2.31 bits per heavy atom. The van der Waals surface area contributed by atoms with E-state index in [1.54, 1.807) is 37.3 Å². The van der Waals surface area contributed by atoms with Crippen molar-refractivity contribution in [1.29, 1.82) is 0 Å². The fourth-order valence-corrected chi connectivity index (χ4v) is 2.65. The van der Waals surface area contributed by atoms with Gasteiger partial charge in [0.1, 0.15) is 5.76 Å². The van der Waals surface area contributed by atoms with Crippen molar-refractivity contribution in [3.63, 3.8) is 0 Å². The molecule has 6 heteroatoms. The van der Waals surface area contributed by atoms with Crippen LogP contribution < -0.4 is 9.47 Å². The zero-order valence-corrected chi connectivity index (χ0v) is 16.8. The number of aliphatic hydroxyl groups is 1. The second kappa shape index (κ2) is 9.50. The van der Waals surface area contributed by atoms with Crippen LogP contribution in [0.5, 0.6) is 23.0 Å². The van der Waals surface area contributed by atoms with Gasteiger partial charge in [-0.3, -0.25) is 4.79 Å². The molecule has 0 amide bonds. The highest BCUT2D eigenvalue weighted by Crippen LogP contribution is 2.32.